The molecule has 1 saturated heterocycles. The quantitative estimate of drug-likeness (QED) is 0.823. The molecule has 0 saturated carbocycles. The van der Waals surface area contributed by atoms with Gasteiger partial charge >= 0.3 is 6.03 Å². The molecule has 1 aliphatic rings. The summed E-state index contributed by atoms with van der Waals surface area (Å²) in [4.78, 5) is 35.8. The van der Waals surface area contributed by atoms with E-state index in [-0.39, 0.29) is 6.54 Å². The van der Waals surface area contributed by atoms with Crippen molar-refractivity contribution in [1.29, 1.82) is 0 Å². The summed E-state index contributed by atoms with van der Waals surface area (Å²) in [5, 5.41) is 5.03. The van der Waals surface area contributed by atoms with E-state index in [1.807, 2.05) is 0 Å². The summed E-state index contributed by atoms with van der Waals surface area (Å²) in [5.74, 6) is -0.809. The molecule has 1 aromatic rings. The summed E-state index contributed by atoms with van der Waals surface area (Å²) in [6, 6.07) is 5.63. The van der Waals surface area contributed by atoms with Crippen LogP contribution in [0.1, 0.15) is 6.92 Å². The van der Waals surface area contributed by atoms with Crippen LogP contribution in [0.5, 0.6) is 0 Å². The molecule has 7 heteroatoms. The van der Waals surface area contributed by atoms with Gasteiger partial charge in [-0.3, -0.25) is 14.5 Å². The second-order valence-electron chi connectivity index (χ2n) is 4.09. The first-order valence-electron chi connectivity index (χ1n) is 5.65. The Morgan fingerprint density at radius 1 is 1.37 bits per heavy atom. The molecule has 6 nitrogen and oxygen atoms in total. The van der Waals surface area contributed by atoms with Crippen molar-refractivity contribution < 1.29 is 14.4 Å². The van der Waals surface area contributed by atoms with Crippen LogP contribution in [0.25, 0.3) is 0 Å². The third-order valence-electron chi connectivity index (χ3n) is 2.76. The molecule has 1 aliphatic heterocycles. The van der Waals surface area contributed by atoms with Gasteiger partial charge in [0.1, 0.15) is 6.04 Å². The number of urea groups is 1. The van der Waals surface area contributed by atoms with Crippen molar-refractivity contribution in [3.8, 4) is 0 Å². The van der Waals surface area contributed by atoms with Gasteiger partial charge in [0.15, 0.2) is 0 Å². The molecular formula is C12H12BrN3O3. The van der Waals surface area contributed by atoms with Crippen LogP contribution in [-0.4, -0.2) is 35.3 Å². The molecule has 1 atom stereocenters. The average Bonchev–Trinajstić information content (AvgIpc) is 2.71. The maximum absolute atomic E-state index is 12.0. The predicted octanol–water partition coefficient (Wildman–Crippen LogP) is 1.33. The minimum absolute atomic E-state index is 0.0608. The summed E-state index contributed by atoms with van der Waals surface area (Å²) in [5.41, 5.74) is 0.604. The summed E-state index contributed by atoms with van der Waals surface area (Å²) in [6.07, 6.45) is 0. The topological polar surface area (TPSA) is 78.5 Å². The van der Waals surface area contributed by atoms with Gasteiger partial charge in [-0.05, 0) is 31.2 Å². The van der Waals surface area contributed by atoms with E-state index in [1.54, 1.807) is 24.3 Å². The zero-order chi connectivity index (χ0) is 14.0. The van der Waals surface area contributed by atoms with Crippen molar-refractivity contribution >= 4 is 39.5 Å². The number of carbonyl (C=O) groups is 3. The highest BCUT2D eigenvalue weighted by Gasteiger charge is 2.36. The number of nitrogens with zero attached hydrogens (tertiary/aromatic N) is 1. The predicted molar refractivity (Wildman–Crippen MR) is 72.5 cm³/mol. The third kappa shape index (κ3) is 2.93. The molecule has 0 aliphatic carbocycles. The van der Waals surface area contributed by atoms with E-state index in [4.69, 9.17) is 0 Å². The lowest BCUT2D eigenvalue weighted by atomic mass is 10.2. The molecule has 0 spiro atoms. The number of hydrogen-bond donors (Lipinski definition) is 2. The largest absolute Gasteiger partial charge is 0.329 e. The van der Waals surface area contributed by atoms with Crippen molar-refractivity contribution in [2.24, 2.45) is 0 Å². The highest BCUT2D eigenvalue weighted by Crippen LogP contribution is 2.15. The number of anilines is 1. The van der Waals surface area contributed by atoms with Gasteiger partial charge in [0.05, 0.1) is 6.54 Å². The van der Waals surface area contributed by atoms with Crippen LogP contribution in [0.2, 0.25) is 0 Å². The highest BCUT2D eigenvalue weighted by molar-refractivity contribution is 9.10. The first-order chi connectivity index (χ1) is 8.99. The SMILES string of the molecule is C[C@@H](C(=O)Nc1ccc(Br)cc1)N1C(=O)CNC1=O. The van der Waals surface area contributed by atoms with E-state index in [2.05, 4.69) is 26.6 Å². The monoisotopic (exact) mass is 325 g/mol. The summed E-state index contributed by atoms with van der Waals surface area (Å²) < 4.78 is 0.896. The summed E-state index contributed by atoms with van der Waals surface area (Å²) in [6.45, 7) is 1.45. The molecule has 0 unspecified atom stereocenters. The van der Waals surface area contributed by atoms with Crippen LogP contribution < -0.4 is 10.6 Å². The first-order valence-corrected chi connectivity index (χ1v) is 6.44. The van der Waals surface area contributed by atoms with Crippen LogP contribution >= 0.6 is 15.9 Å². The van der Waals surface area contributed by atoms with Crippen molar-refractivity contribution in [2.45, 2.75) is 13.0 Å². The Balaban J connectivity index is 2.05. The lowest BCUT2D eigenvalue weighted by molar-refractivity contribution is -0.131. The fourth-order valence-corrected chi connectivity index (χ4v) is 1.99. The number of hydrogen-bond acceptors (Lipinski definition) is 3. The number of imide groups is 1. The number of carbonyl (C=O) groups excluding carboxylic acids is 3. The molecule has 2 rings (SSSR count). The molecule has 4 amide bonds. The van der Waals surface area contributed by atoms with Gasteiger partial charge in [-0.1, -0.05) is 15.9 Å². The van der Waals surface area contributed by atoms with Gasteiger partial charge in [0.25, 0.3) is 5.91 Å². The van der Waals surface area contributed by atoms with Crippen LogP contribution in [0.3, 0.4) is 0 Å². The Hall–Kier alpha value is -1.89. The minimum atomic E-state index is -0.848. The standard InChI is InChI=1S/C12H12BrN3O3/c1-7(16-10(17)6-14-12(16)19)11(18)15-9-4-2-8(13)3-5-9/h2-5,7H,6H2,1H3,(H,14,19)(H,15,18)/t7-/m0/s1. The summed E-state index contributed by atoms with van der Waals surface area (Å²) >= 11 is 3.29. The Bertz CT molecular complexity index is 514. The van der Waals surface area contributed by atoms with E-state index in [9.17, 15) is 14.4 Å². The zero-order valence-corrected chi connectivity index (χ0v) is 11.7. The Labute approximate surface area is 118 Å². The van der Waals surface area contributed by atoms with Gasteiger partial charge in [-0.25, -0.2) is 4.79 Å². The number of rotatable bonds is 3. The molecule has 1 heterocycles. The van der Waals surface area contributed by atoms with Crippen LogP contribution in [-0.2, 0) is 9.59 Å². The van der Waals surface area contributed by atoms with E-state index in [0.717, 1.165) is 9.37 Å². The lowest BCUT2D eigenvalue weighted by Crippen LogP contribution is -2.45. The second-order valence-corrected chi connectivity index (χ2v) is 5.01. The zero-order valence-electron chi connectivity index (χ0n) is 10.1. The normalized spacial score (nSPS) is 16.2. The van der Waals surface area contributed by atoms with Crippen LogP contribution in [0, 0.1) is 0 Å². The molecule has 1 fully saturated rings. The molecular weight excluding hydrogens is 314 g/mol. The molecule has 1 aromatic carbocycles. The molecule has 100 valence electrons. The van der Waals surface area contributed by atoms with Gasteiger partial charge in [-0.2, -0.15) is 0 Å². The molecule has 0 bridgehead atoms. The van der Waals surface area contributed by atoms with Gasteiger partial charge in [-0.15, -0.1) is 0 Å². The van der Waals surface area contributed by atoms with Crippen molar-refractivity contribution in [1.82, 2.24) is 10.2 Å². The maximum Gasteiger partial charge on any atom is 0.325 e. The second kappa shape index (κ2) is 5.40. The molecule has 19 heavy (non-hydrogen) atoms. The van der Waals surface area contributed by atoms with Crippen LogP contribution in [0.4, 0.5) is 10.5 Å². The van der Waals surface area contributed by atoms with Crippen molar-refractivity contribution in [3.63, 3.8) is 0 Å². The lowest BCUT2D eigenvalue weighted by Gasteiger charge is -2.20. The van der Waals surface area contributed by atoms with E-state index >= 15 is 0 Å². The van der Waals surface area contributed by atoms with E-state index < -0.39 is 23.9 Å². The average molecular weight is 326 g/mol. The smallest absolute Gasteiger partial charge is 0.325 e. The fourth-order valence-electron chi connectivity index (χ4n) is 1.72. The third-order valence-corrected chi connectivity index (χ3v) is 3.29. The van der Waals surface area contributed by atoms with Crippen molar-refractivity contribution in [2.75, 3.05) is 11.9 Å². The molecule has 2 N–H and O–H groups in total. The Morgan fingerprint density at radius 2 is 2.00 bits per heavy atom. The van der Waals surface area contributed by atoms with Gasteiger partial charge in [0.2, 0.25) is 5.91 Å². The number of halogens is 1. The number of benzene rings is 1. The van der Waals surface area contributed by atoms with E-state index in [1.165, 1.54) is 6.92 Å². The Morgan fingerprint density at radius 3 is 2.53 bits per heavy atom. The molecule has 0 aromatic heterocycles. The fraction of sp³-hybridized carbons (Fsp3) is 0.250. The molecule has 0 radical (unpaired) electrons. The first kappa shape index (κ1) is 13.5. The van der Waals surface area contributed by atoms with Crippen LogP contribution in [0.15, 0.2) is 28.7 Å². The van der Waals surface area contributed by atoms with E-state index in [0.29, 0.717) is 5.69 Å². The summed E-state index contributed by atoms with van der Waals surface area (Å²) in [7, 11) is 0. The van der Waals surface area contributed by atoms with Gasteiger partial charge < -0.3 is 10.6 Å². The number of amides is 4. The van der Waals surface area contributed by atoms with Gasteiger partial charge in [0, 0.05) is 10.2 Å². The number of nitrogens with one attached hydrogen (secondary N) is 2. The maximum atomic E-state index is 12.0. The minimum Gasteiger partial charge on any atom is -0.329 e. The Kier molecular flexibility index (Phi) is 3.84. The van der Waals surface area contributed by atoms with Crippen molar-refractivity contribution in [3.05, 3.63) is 28.7 Å². The highest BCUT2D eigenvalue weighted by atomic mass is 79.9.